The molecule has 2 rings (SSSR count). The Hall–Kier alpha value is -0.950. The zero-order chi connectivity index (χ0) is 15.6. The van der Waals surface area contributed by atoms with E-state index in [9.17, 15) is 13.2 Å². The summed E-state index contributed by atoms with van der Waals surface area (Å²) < 4.78 is 41.0. The molecule has 0 bridgehead atoms. The van der Waals surface area contributed by atoms with Gasteiger partial charge in [0.15, 0.2) is 0 Å². The zero-order valence-corrected chi connectivity index (χ0v) is 13.5. The number of nitrogens with one attached hydrogen (secondary N) is 1. The molecule has 0 radical (unpaired) electrons. The van der Waals surface area contributed by atoms with Gasteiger partial charge in [-0.15, -0.1) is 13.2 Å². The SMILES string of the molecule is CNC1CCN(c2ccc(OC(F)(F)F)c(Br)c2)CC1C. The lowest BCUT2D eigenvalue weighted by atomic mass is 9.93. The number of halogens is 4. The number of alkyl halides is 3. The summed E-state index contributed by atoms with van der Waals surface area (Å²) in [5, 5.41) is 3.29. The second kappa shape index (κ2) is 6.44. The van der Waals surface area contributed by atoms with Crippen LogP contribution in [0.2, 0.25) is 0 Å². The average molecular weight is 367 g/mol. The van der Waals surface area contributed by atoms with Crippen molar-refractivity contribution < 1.29 is 17.9 Å². The Morgan fingerprint density at radius 3 is 2.62 bits per heavy atom. The van der Waals surface area contributed by atoms with Crippen LogP contribution in [0.15, 0.2) is 22.7 Å². The largest absolute Gasteiger partial charge is 0.573 e. The van der Waals surface area contributed by atoms with Crippen molar-refractivity contribution in [3.63, 3.8) is 0 Å². The number of benzene rings is 1. The normalized spacial score (nSPS) is 23.2. The molecule has 1 aromatic rings. The van der Waals surface area contributed by atoms with Crippen molar-refractivity contribution in [3.05, 3.63) is 22.7 Å². The van der Waals surface area contributed by atoms with Gasteiger partial charge in [0.05, 0.1) is 4.47 Å². The van der Waals surface area contributed by atoms with Gasteiger partial charge in [0, 0.05) is 24.8 Å². The van der Waals surface area contributed by atoms with E-state index in [1.54, 1.807) is 12.1 Å². The Morgan fingerprint density at radius 1 is 1.38 bits per heavy atom. The Morgan fingerprint density at radius 2 is 2.10 bits per heavy atom. The molecule has 7 heteroatoms. The molecule has 1 saturated heterocycles. The van der Waals surface area contributed by atoms with Crippen LogP contribution in [0.4, 0.5) is 18.9 Å². The second-order valence-corrected chi connectivity index (χ2v) is 6.12. The number of rotatable bonds is 3. The molecule has 1 aliphatic heterocycles. The summed E-state index contributed by atoms with van der Waals surface area (Å²) in [6.07, 6.45) is -3.67. The molecular weight excluding hydrogens is 349 g/mol. The number of ether oxygens (including phenoxy) is 1. The molecule has 1 heterocycles. The van der Waals surface area contributed by atoms with Crippen molar-refractivity contribution in [1.29, 1.82) is 0 Å². The maximum absolute atomic E-state index is 12.2. The summed E-state index contributed by atoms with van der Waals surface area (Å²) >= 11 is 3.14. The Labute approximate surface area is 130 Å². The number of anilines is 1. The molecule has 1 N–H and O–H groups in total. The lowest BCUT2D eigenvalue weighted by Gasteiger charge is -2.38. The van der Waals surface area contributed by atoms with Gasteiger partial charge < -0.3 is 15.0 Å². The summed E-state index contributed by atoms with van der Waals surface area (Å²) in [5.74, 6) is 0.262. The van der Waals surface area contributed by atoms with Gasteiger partial charge in [0.25, 0.3) is 0 Å². The van der Waals surface area contributed by atoms with Gasteiger partial charge in [-0.2, -0.15) is 0 Å². The Kier molecular flexibility index (Phi) is 5.03. The van der Waals surface area contributed by atoms with Crippen LogP contribution in [0.1, 0.15) is 13.3 Å². The van der Waals surface area contributed by atoms with Crippen LogP contribution in [-0.2, 0) is 0 Å². The molecule has 1 aromatic carbocycles. The van der Waals surface area contributed by atoms with E-state index in [2.05, 4.69) is 37.8 Å². The molecule has 0 amide bonds. The van der Waals surface area contributed by atoms with Crippen molar-refractivity contribution in [2.45, 2.75) is 25.7 Å². The highest BCUT2D eigenvalue weighted by Crippen LogP contribution is 2.34. The maximum atomic E-state index is 12.2. The summed E-state index contributed by atoms with van der Waals surface area (Å²) in [4.78, 5) is 2.18. The predicted octanol–water partition coefficient (Wildman–Crippen LogP) is 3.78. The third-order valence-electron chi connectivity index (χ3n) is 3.78. The quantitative estimate of drug-likeness (QED) is 0.880. The minimum absolute atomic E-state index is 0.218. The molecule has 21 heavy (non-hydrogen) atoms. The van der Waals surface area contributed by atoms with Crippen LogP contribution < -0.4 is 15.0 Å². The van der Waals surface area contributed by atoms with Gasteiger partial charge in [-0.25, -0.2) is 0 Å². The van der Waals surface area contributed by atoms with Gasteiger partial charge in [-0.1, -0.05) is 6.92 Å². The zero-order valence-electron chi connectivity index (χ0n) is 11.9. The van der Waals surface area contributed by atoms with Crippen LogP contribution in [0.5, 0.6) is 5.75 Å². The van der Waals surface area contributed by atoms with E-state index in [1.165, 1.54) is 6.07 Å². The number of hydrogen-bond donors (Lipinski definition) is 1. The lowest BCUT2D eigenvalue weighted by Crippen LogP contribution is -2.47. The van der Waals surface area contributed by atoms with Gasteiger partial charge in [0.2, 0.25) is 0 Å². The first kappa shape index (κ1) is 16.4. The van der Waals surface area contributed by atoms with Crippen LogP contribution >= 0.6 is 15.9 Å². The van der Waals surface area contributed by atoms with E-state index in [1.807, 2.05) is 7.05 Å². The molecule has 2 unspecified atom stereocenters. The maximum Gasteiger partial charge on any atom is 0.573 e. The number of nitrogens with zero attached hydrogens (tertiary/aromatic N) is 1. The van der Waals surface area contributed by atoms with Crippen LogP contribution in [0.25, 0.3) is 0 Å². The van der Waals surface area contributed by atoms with Crippen molar-refractivity contribution in [2.24, 2.45) is 5.92 Å². The number of hydrogen-bond acceptors (Lipinski definition) is 3. The Bertz CT molecular complexity index is 496. The smallest absolute Gasteiger partial charge is 0.405 e. The van der Waals surface area contributed by atoms with Gasteiger partial charge in [-0.05, 0) is 53.5 Å². The molecule has 0 spiro atoms. The standard InChI is InChI=1S/C14H18BrF3N2O/c1-9-8-20(6-5-12(9)19-2)10-3-4-13(11(15)7-10)21-14(16,17)18/h3-4,7,9,12,19H,5-6,8H2,1-2H3. The van der Waals surface area contributed by atoms with Crippen molar-refractivity contribution >= 4 is 21.6 Å². The third-order valence-corrected chi connectivity index (χ3v) is 4.40. The van der Waals surface area contributed by atoms with Crippen LogP contribution in [0, 0.1) is 5.92 Å². The monoisotopic (exact) mass is 366 g/mol. The first-order valence-corrected chi connectivity index (χ1v) is 7.57. The third kappa shape index (κ3) is 4.26. The van der Waals surface area contributed by atoms with E-state index in [4.69, 9.17) is 0 Å². The summed E-state index contributed by atoms with van der Waals surface area (Å²) in [6.45, 7) is 3.92. The minimum atomic E-state index is -4.68. The van der Waals surface area contributed by atoms with Gasteiger partial charge in [-0.3, -0.25) is 0 Å². The first-order valence-electron chi connectivity index (χ1n) is 6.77. The van der Waals surface area contributed by atoms with Crippen molar-refractivity contribution in [2.75, 3.05) is 25.0 Å². The Balaban J connectivity index is 2.10. The van der Waals surface area contributed by atoms with Crippen molar-refractivity contribution in [1.82, 2.24) is 5.32 Å². The molecule has 118 valence electrons. The molecule has 0 saturated carbocycles. The molecule has 2 atom stereocenters. The molecular formula is C14H18BrF3N2O. The van der Waals surface area contributed by atoms with Gasteiger partial charge >= 0.3 is 6.36 Å². The topological polar surface area (TPSA) is 24.5 Å². The van der Waals surface area contributed by atoms with E-state index in [0.29, 0.717) is 16.4 Å². The lowest BCUT2D eigenvalue weighted by molar-refractivity contribution is -0.274. The van der Waals surface area contributed by atoms with E-state index >= 15 is 0 Å². The average Bonchev–Trinajstić information content (AvgIpc) is 2.39. The highest BCUT2D eigenvalue weighted by molar-refractivity contribution is 9.10. The summed E-state index contributed by atoms with van der Waals surface area (Å²) in [6, 6.07) is 5.17. The molecule has 1 fully saturated rings. The van der Waals surface area contributed by atoms with Crippen LogP contribution in [0.3, 0.4) is 0 Å². The highest BCUT2D eigenvalue weighted by Gasteiger charge is 2.32. The molecule has 3 nitrogen and oxygen atoms in total. The van der Waals surface area contributed by atoms with E-state index < -0.39 is 6.36 Å². The molecule has 0 aliphatic carbocycles. The first-order chi connectivity index (χ1) is 9.80. The minimum Gasteiger partial charge on any atom is -0.405 e. The van der Waals surface area contributed by atoms with Crippen molar-refractivity contribution in [3.8, 4) is 5.75 Å². The number of piperidine rings is 1. The highest BCUT2D eigenvalue weighted by atomic mass is 79.9. The van der Waals surface area contributed by atoms with E-state index in [0.717, 1.165) is 25.2 Å². The predicted molar refractivity (Wildman–Crippen MR) is 79.7 cm³/mol. The summed E-state index contributed by atoms with van der Waals surface area (Å²) in [5.41, 5.74) is 0.901. The fourth-order valence-electron chi connectivity index (χ4n) is 2.70. The molecule has 1 aliphatic rings. The second-order valence-electron chi connectivity index (χ2n) is 5.27. The summed E-state index contributed by atoms with van der Waals surface area (Å²) in [7, 11) is 1.96. The van der Waals surface area contributed by atoms with Crippen LogP contribution in [-0.4, -0.2) is 32.5 Å². The molecule has 0 aromatic heterocycles. The van der Waals surface area contributed by atoms with Gasteiger partial charge in [0.1, 0.15) is 5.75 Å². The fraction of sp³-hybridized carbons (Fsp3) is 0.571. The van der Waals surface area contributed by atoms with E-state index in [-0.39, 0.29) is 5.75 Å². The fourth-order valence-corrected chi connectivity index (χ4v) is 3.15.